The highest BCUT2D eigenvalue weighted by Crippen LogP contribution is 2.46. The number of benzene rings is 1. The number of carbonyl (C=O) groups is 1. The van der Waals surface area contributed by atoms with Gasteiger partial charge in [0.15, 0.2) is 0 Å². The molecule has 3 aromatic rings. The molecular weight excluding hydrogens is 545 g/mol. The Morgan fingerprint density at radius 1 is 1.13 bits per heavy atom. The smallest absolute Gasteiger partial charge is 0.243 e. The minimum absolute atomic E-state index is 0.158. The standard InChI is InChI=1S/C27H29Cl2N5O5/c1-4-23(35)32-19-13-39-12-18(19)31-22-9-16-15(11-30-22)8-17(33-27(16)34-6-5-7-38-14-34)24-25(28)20(36-2)10-21(37-3)26(24)29/h4,8-11,18-19H,1,5-7,12-14H2,2-3H3,(H,30,31)(H,32,35)/t18-,19+/m1/s1. The molecule has 2 N–H and O–H groups in total. The molecule has 1 aromatic carbocycles. The number of fused-ring (bicyclic) bond motifs is 1. The third kappa shape index (κ3) is 5.56. The van der Waals surface area contributed by atoms with Crippen LogP contribution < -0.4 is 25.0 Å². The average Bonchev–Trinajstić information content (AvgIpc) is 3.39. The van der Waals surface area contributed by atoms with Crippen LogP contribution in [0.2, 0.25) is 10.0 Å². The fourth-order valence-corrected chi connectivity index (χ4v) is 5.42. The number of halogens is 2. The molecule has 0 aliphatic carbocycles. The summed E-state index contributed by atoms with van der Waals surface area (Å²) < 4.78 is 22.3. The highest BCUT2D eigenvalue weighted by Gasteiger charge is 2.30. The van der Waals surface area contributed by atoms with E-state index in [9.17, 15) is 4.79 Å². The van der Waals surface area contributed by atoms with Crippen molar-refractivity contribution in [1.82, 2.24) is 15.3 Å². The number of pyridine rings is 2. The number of aromatic nitrogens is 2. The van der Waals surface area contributed by atoms with Gasteiger partial charge in [0.1, 0.15) is 29.9 Å². The van der Waals surface area contributed by atoms with Crippen LogP contribution in [0.3, 0.4) is 0 Å². The molecule has 1 amide bonds. The molecule has 0 spiro atoms. The van der Waals surface area contributed by atoms with E-state index in [-0.39, 0.29) is 18.0 Å². The van der Waals surface area contributed by atoms with E-state index in [0.717, 1.165) is 23.7 Å². The SMILES string of the molecule is C=CC(=O)N[C@H]1COC[C@H]1Nc1cc2c(N3CCCOC3)nc(-c3c(Cl)c(OC)cc(OC)c3Cl)cc2cn1. The van der Waals surface area contributed by atoms with Gasteiger partial charge in [-0.15, -0.1) is 0 Å². The van der Waals surface area contributed by atoms with Crippen molar-refractivity contribution < 1.29 is 23.7 Å². The molecule has 0 unspecified atom stereocenters. The van der Waals surface area contributed by atoms with Gasteiger partial charge in [0, 0.05) is 35.1 Å². The summed E-state index contributed by atoms with van der Waals surface area (Å²) in [6, 6.07) is 5.10. The minimum atomic E-state index is -0.251. The van der Waals surface area contributed by atoms with Gasteiger partial charge in [0.2, 0.25) is 5.91 Å². The topological polar surface area (TPSA) is 107 Å². The second kappa shape index (κ2) is 11.8. The van der Waals surface area contributed by atoms with Crippen LogP contribution in [0, 0.1) is 0 Å². The van der Waals surface area contributed by atoms with Crippen LogP contribution >= 0.6 is 23.2 Å². The number of nitrogens with one attached hydrogen (secondary N) is 2. The van der Waals surface area contributed by atoms with Crippen molar-refractivity contribution in [2.24, 2.45) is 0 Å². The predicted octanol–water partition coefficient (Wildman–Crippen LogP) is 4.29. The summed E-state index contributed by atoms with van der Waals surface area (Å²) in [5.74, 6) is 1.93. The summed E-state index contributed by atoms with van der Waals surface area (Å²) in [5.41, 5.74) is 1.05. The van der Waals surface area contributed by atoms with Crippen molar-refractivity contribution in [2.45, 2.75) is 18.5 Å². The fraction of sp³-hybridized carbons (Fsp3) is 0.370. The normalized spacial score (nSPS) is 19.1. The molecule has 206 valence electrons. The Hall–Kier alpha value is -3.31. The van der Waals surface area contributed by atoms with E-state index >= 15 is 0 Å². The lowest BCUT2D eigenvalue weighted by Gasteiger charge is -2.29. The van der Waals surface area contributed by atoms with Gasteiger partial charge in [0.25, 0.3) is 0 Å². The van der Waals surface area contributed by atoms with Crippen LogP contribution in [-0.2, 0) is 14.3 Å². The molecular formula is C27H29Cl2N5O5. The Morgan fingerprint density at radius 2 is 1.87 bits per heavy atom. The second-order valence-electron chi connectivity index (χ2n) is 9.17. The largest absolute Gasteiger partial charge is 0.495 e. The molecule has 39 heavy (non-hydrogen) atoms. The van der Waals surface area contributed by atoms with Crippen molar-refractivity contribution in [1.29, 1.82) is 0 Å². The number of rotatable bonds is 8. The Kier molecular flexibility index (Phi) is 8.27. The molecule has 0 bridgehead atoms. The van der Waals surface area contributed by atoms with Gasteiger partial charge in [-0.1, -0.05) is 29.8 Å². The van der Waals surface area contributed by atoms with Crippen LogP contribution in [0.4, 0.5) is 11.6 Å². The number of hydrogen-bond acceptors (Lipinski definition) is 9. The van der Waals surface area contributed by atoms with E-state index < -0.39 is 0 Å². The molecule has 5 rings (SSSR count). The molecule has 2 fully saturated rings. The first-order chi connectivity index (χ1) is 18.9. The van der Waals surface area contributed by atoms with Crippen LogP contribution in [0.1, 0.15) is 6.42 Å². The van der Waals surface area contributed by atoms with E-state index in [4.69, 9.17) is 47.1 Å². The number of nitrogens with zero attached hydrogens (tertiary/aromatic N) is 3. The number of amides is 1. The van der Waals surface area contributed by atoms with Crippen LogP contribution in [0.25, 0.3) is 22.0 Å². The van der Waals surface area contributed by atoms with Crippen molar-refractivity contribution in [2.75, 3.05) is 57.5 Å². The van der Waals surface area contributed by atoms with E-state index in [2.05, 4.69) is 27.1 Å². The van der Waals surface area contributed by atoms with Crippen molar-refractivity contribution in [3.8, 4) is 22.8 Å². The first-order valence-electron chi connectivity index (χ1n) is 12.4. The first-order valence-corrected chi connectivity index (χ1v) is 13.2. The molecule has 2 saturated heterocycles. The summed E-state index contributed by atoms with van der Waals surface area (Å²) in [4.78, 5) is 23.6. The molecule has 10 nitrogen and oxygen atoms in total. The third-order valence-electron chi connectivity index (χ3n) is 6.71. The van der Waals surface area contributed by atoms with Gasteiger partial charge in [0.05, 0.1) is 61.9 Å². The van der Waals surface area contributed by atoms with Gasteiger partial charge in [-0.25, -0.2) is 9.97 Å². The molecule has 2 aromatic heterocycles. The molecule has 0 saturated carbocycles. The summed E-state index contributed by atoms with van der Waals surface area (Å²) >= 11 is 13.5. The van der Waals surface area contributed by atoms with Crippen molar-refractivity contribution in [3.63, 3.8) is 0 Å². The maximum atomic E-state index is 11.8. The lowest BCUT2D eigenvalue weighted by molar-refractivity contribution is -0.117. The number of methoxy groups -OCH3 is 2. The van der Waals surface area contributed by atoms with Crippen LogP contribution in [0.5, 0.6) is 11.5 Å². The van der Waals surface area contributed by atoms with Gasteiger partial charge in [-0.05, 0) is 24.6 Å². The molecule has 2 atom stereocenters. The highest BCUT2D eigenvalue weighted by molar-refractivity contribution is 6.41. The van der Waals surface area contributed by atoms with Gasteiger partial charge in [-0.2, -0.15) is 0 Å². The highest BCUT2D eigenvalue weighted by atomic mass is 35.5. The van der Waals surface area contributed by atoms with Crippen molar-refractivity contribution >= 4 is 51.5 Å². The quantitative estimate of drug-likeness (QED) is 0.381. The third-order valence-corrected chi connectivity index (χ3v) is 7.46. The number of hydrogen-bond donors (Lipinski definition) is 2. The lowest BCUT2D eigenvalue weighted by Crippen LogP contribution is -2.45. The van der Waals surface area contributed by atoms with Gasteiger partial charge >= 0.3 is 0 Å². The Labute approximate surface area is 236 Å². The average molecular weight is 574 g/mol. The zero-order valence-electron chi connectivity index (χ0n) is 21.6. The number of ether oxygens (including phenoxy) is 4. The van der Waals surface area contributed by atoms with E-state index in [1.807, 2.05) is 12.1 Å². The Morgan fingerprint density at radius 3 is 2.54 bits per heavy atom. The van der Waals surface area contributed by atoms with Gasteiger partial charge in [-0.3, -0.25) is 4.79 Å². The molecule has 12 heteroatoms. The predicted molar refractivity (Wildman–Crippen MR) is 151 cm³/mol. The van der Waals surface area contributed by atoms with E-state index in [1.54, 1.807) is 12.3 Å². The molecule has 4 heterocycles. The van der Waals surface area contributed by atoms with Crippen LogP contribution in [-0.4, -0.2) is 75.3 Å². The lowest BCUT2D eigenvalue weighted by atomic mass is 10.1. The molecule has 2 aliphatic rings. The second-order valence-corrected chi connectivity index (χ2v) is 9.92. The number of anilines is 2. The monoisotopic (exact) mass is 573 g/mol. The zero-order chi connectivity index (χ0) is 27.5. The summed E-state index contributed by atoms with van der Waals surface area (Å²) in [6.07, 6.45) is 3.88. The molecule has 0 radical (unpaired) electrons. The maximum absolute atomic E-state index is 11.8. The van der Waals surface area contributed by atoms with Gasteiger partial charge < -0.3 is 34.5 Å². The van der Waals surface area contributed by atoms with Crippen LogP contribution in [0.15, 0.2) is 37.1 Å². The number of carbonyl (C=O) groups excluding carboxylic acids is 1. The summed E-state index contributed by atoms with van der Waals surface area (Å²) in [5, 5.41) is 8.66. The zero-order valence-corrected chi connectivity index (χ0v) is 23.1. The first kappa shape index (κ1) is 27.3. The van der Waals surface area contributed by atoms with E-state index in [0.29, 0.717) is 71.0 Å². The van der Waals surface area contributed by atoms with E-state index in [1.165, 1.54) is 20.3 Å². The summed E-state index contributed by atoms with van der Waals surface area (Å²) in [7, 11) is 3.06. The van der Waals surface area contributed by atoms with Crippen molar-refractivity contribution in [3.05, 3.63) is 47.1 Å². The Bertz CT molecular complexity index is 1370. The maximum Gasteiger partial charge on any atom is 0.243 e. The fourth-order valence-electron chi connectivity index (χ4n) is 4.72. The molecule has 2 aliphatic heterocycles. The minimum Gasteiger partial charge on any atom is -0.495 e. The summed E-state index contributed by atoms with van der Waals surface area (Å²) in [6.45, 7) is 6.20. The Balaban J connectivity index is 1.59.